The zero-order valence-corrected chi connectivity index (χ0v) is 24.7. The highest BCUT2D eigenvalue weighted by Crippen LogP contribution is 2.24. The number of hydrogen-bond acceptors (Lipinski definition) is 10. The fraction of sp³-hybridized carbons (Fsp3) is 0.0714. The van der Waals surface area contributed by atoms with Crippen LogP contribution in [0.15, 0.2) is 80.5 Å². The maximum Gasteiger partial charge on any atom is 0.332 e. The zero-order chi connectivity index (χ0) is 33.1. The number of aliphatic hydroxyl groups excluding tert-OH is 2. The van der Waals surface area contributed by atoms with Gasteiger partial charge in [-0.15, -0.1) is 0 Å². The molecule has 0 aliphatic heterocycles. The first-order valence-corrected chi connectivity index (χ1v) is 13.8. The van der Waals surface area contributed by atoms with Gasteiger partial charge in [-0.2, -0.15) is 10.2 Å². The van der Waals surface area contributed by atoms with E-state index in [-0.39, 0.29) is 33.9 Å². The molecule has 0 radical (unpaired) electrons. The molecule has 46 heavy (non-hydrogen) atoms. The van der Waals surface area contributed by atoms with E-state index < -0.39 is 35.4 Å². The number of halogens is 2. The van der Waals surface area contributed by atoms with Gasteiger partial charge in [0.05, 0.1) is 22.1 Å². The predicted molar refractivity (Wildman–Crippen MR) is 170 cm³/mol. The van der Waals surface area contributed by atoms with E-state index in [2.05, 4.69) is 30.1 Å². The molecule has 16 nitrogen and oxygen atoms in total. The van der Waals surface area contributed by atoms with Gasteiger partial charge in [0.2, 0.25) is 0 Å². The highest BCUT2D eigenvalue weighted by atomic mass is 35.5. The molecule has 0 aliphatic carbocycles. The molecule has 3 aromatic carbocycles. The van der Waals surface area contributed by atoms with Gasteiger partial charge < -0.3 is 31.6 Å². The zero-order valence-electron chi connectivity index (χ0n) is 23.2. The summed E-state index contributed by atoms with van der Waals surface area (Å²) in [7, 11) is 0. The number of hydrazone groups is 2. The number of aromatic nitrogens is 4. The largest absolute Gasteiger partial charge is 0.382 e. The molecule has 2 aromatic heterocycles. The number of urea groups is 2. The van der Waals surface area contributed by atoms with Crippen LogP contribution in [0.3, 0.4) is 0 Å². The molecule has 0 saturated heterocycles. The van der Waals surface area contributed by atoms with Crippen LogP contribution in [-0.4, -0.2) is 53.6 Å². The SMILES string of the molecule is NC(=O)N/N=C(\c1nc2ccc(Cl)cc2[nH]c1=O)C(O)c1ccc(C(O)/C(=N/NC(N)=O)c2nc3ccc(Cl)cc3[nH]c2=O)cc1. The Bertz CT molecular complexity index is 2030. The Labute approximate surface area is 266 Å². The van der Waals surface area contributed by atoms with Gasteiger partial charge in [0, 0.05) is 10.0 Å². The summed E-state index contributed by atoms with van der Waals surface area (Å²) in [5, 5.41) is 30.9. The maximum absolute atomic E-state index is 12.9. The first-order chi connectivity index (χ1) is 21.9. The number of benzene rings is 3. The van der Waals surface area contributed by atoms with Crippen molar-refractivity contribution in [3.8, 4) is 0 Å². The summed E-state index contributed by atoms with van der Waals surface area (Å²) in [4.78, 5) is 62.5. The van der Waals surface area contributed by atoms with Gasteiger partial charge >= 0.3 is 12.1 Å². The summed E-state index contributed by atoms with van der Waals surface area (Å²) in [5.41, 5.74) is 13.0. The molecule has 5 aromatic rings. The Balaban J connectivity index is 1.51. The second kappa shape index (κ2) is 13.1. The van der Waals surface area contributed by atoms with E-state index in [4.69, 9.17) is 34.7 Å². The Morgan fingerprint density at radius 3 is 1.41 bits per heavy atom. The molecule has 4 amide bonds. The number of aliphatic hydroxyl groups is 2. The number of carbonyl (C=O) groups is 2. The van der Waals surface area contributed by atoms with E-state index >= 15 is 0 Å². The minimum absolute atomic E-state index is 0.144. The molecule has 2 unspecified atom stereocenters. The van der Waals surface area contributed by atoms with Crippen LogP contribution in [0.4, 0.5) is 9.59 Å². The summed E-state index contributed by atoms with van der Waals surface area (Å²) in [5.74, 6) is 0. The molecule has 0 spiro atoms. The van der Waals surface area contributed by atoms with Crippen LogP contribution < -0.4 is 33.4 Å². The van der Waals surface area contributed by atoms with Crippen molar-refractivity contribution < 1.29 is 19.8 Å². The van der Waals surface area contributed by atoms with Gasteiger partial charge in [-0.05, 0) is 47.5 Å². The number of aromatic amines is 2. The molecular formula is C28H22Cl2N10O6. The van der Waals surface area contributed by atoms with Gasteiger partial charge in [0.15, 0.2) is 11.4 Å². The van der Waals surface area contributed by atoms with Crippen molar-refractivity contribution in [1.82, 2.24) is 30.8 Å². The standard InChI is InChI=1S/C28H22Cl2N10O6/c29-13-5-7-15-17(9-13)35-25(43)21(33-15)19(37-39-27(31)45)23(41)11-1-2-12(4-3-11)24(42)20(38-40-28(32)46)22-26(44)36-18-10-14(30)6-8-16(18)34-22/h1-10,23-24,41-42H,(H,35,43)(H,36,44)(H3,31,39,45)(H3,32,40,46)/b37-19+,38-20+. The van der Waals surface area contributed by atoms with Crippen molar-refractivity contribution in [2.75, 3.05) is 0 Å². The van der Waals surface area contributed by atoms with Crippen LogP contribution in [0.1, 0.15) is 34.7 Å². The molecule has 5 rings (SSSR count). The van der Waals surface area contributed by atoms with E-state index in [1.165, 1.54) is 48.5 Å². The van der Waals surface area contributed by atoms with E-state index in [0.29, 0.717) is 32.1 Å². The Kier molecular flexibility index (Phi) is 9.06. The fourth-order valence-corrected chi connectivity index (χ4v) is 4.70. The van der Waals surface area contributed by atoms with Crippen molar-refractivity contribution in [2.45, 2.75) is 12.2 Å². The number of amides is 4. The third kappa shape index (κ3) is 6.84. The molecule has 18 heteroatoms. The lowest BCUT2D eigenvalue weighted by molar-refractivity contribution is 0.240. The number of hydrogen-bond donors (Lipinski definition) is 8. The van der Waals surface area contributed by atoms with E-state index in [1.807, 2.05) is 10.9 Å². The van der Waals surface area contributed by atoms with E-state index in [1.54, 1.807) is 12.1 Å². The average molecular weight is 665 g/mol. The minimum atomic E-state index is -1.64. The van der Waals surface area contributed by atoms with Crippen molar-refractivity contribution in [2.24, 2.45) is 21.7 Å². The number of nitrogens with two attached hydrogens (primary N) is 2. The van der Waals surface area contributed by atoms with Gasteiger partial charge in [0.25, 0.3) is 11.1 Å². The lowest BCUT2D eigenvalue weighted by Crippen LogP contribution is -2.31. The number of primary amides is 2. The Hall–Kier alpha value is -5.68. The van der Waals surface area contributed by atoms with Crippen LogP contribution in [0.2, 0.25) is 10.0 Å². The third-order valence-corrected chi connectivity index (χ3v) is 6.92. The van der Waals surface area contributed by atoms with Crippen LogP contribution in [0.5, 0.6) is 0 Å². The predicted octanol–water partition coefficient (Wildman–Crippen LogP) is 1.68. The molecule has 2 atom stereocenters. The van der Waals surface area contributed by atoms with E-state index in [9.17, 15) is 29.4 Å². The Morgan fingerprint density at radius 1 is 0.696 bits per heavy atom. The quantitative estimate of drug-likeness (QED) is 0.0890. The number of nitrogens with one attached hydrogen (secondary N) is 4. The molecule has 234 valence electrons. The van der Waals surface area contributed by atoms with Crippen molar-refractivity contribution >= 4 is 68.8 Å². The monoisotopic (exact) mass is 664 g/mol. The second-order valence-electron chi connectivity index (χ2n) is 9.57. The normalized spacial score (nSPS) is 13.4. The first-order valence-electron chi connectivity index (χ1n) is 13.0. The smallest absolute Gasteiger partial charge is 0.332 e. The number of rotatable bonds is 8. The van der Waals surface area contributed by atoms with Crippen LogP contribution in [0.25, 0.3) is 22.1 Å². The van der Waals surface area contributed by atoms with Gasteiger partial charge in [-0.25, -0.2) is 30.4 Å². The first kappa shape index (κ1) is 31.7. The summed E-state index contributed by atoms with van der Waals surface area (Å²) in [6.07, 6.45) is -3.28. The third-order valence-electron chi connectivity index (χ3n) is 6.45. The summed E-state index contributed by atoms with van der Waals surface area (Å²) < 4.78 is 0. The molecule has 0 aliphatic rings. The van der Waals surface area contributed by atoms with Crippen molar-refractivity contribution in [3.63, 3.8) is 0 Å². The van der Waals surface area contributed by atoms with Crippen LogP contribution in [-0.2, 0) is 0 Å². The van der Waals surface area contributed by atoms with Crippen LogP contribution in [0, 0.1) is 0 Å². The fourth-order valence-electron chi connectivity index (χ4n) is 4.36. The molecule has 2 heterocycles. The molecular weight excluding hydrogens is 643 g/mol. The molecule has 0 bridgehead atoms. The van der Waals surface area contributed by atoms with Crippen molar-refractivity contribution in [3.05, 3.63) is 114 Å². The summed E-state index contributed by atoms with van der Waals surface area (Å²) >= 11 is 12.0. The number of fused-ring (bicyclic) bond motifs is 2. The number of H-pyrrole nitrogens is 2. The highest BCUT2D eigenvalue weighted by Gasteiger charge is 2.26. The lowest BCUT2D eigenvalue weighted by atomic mass is 9.97. The average Bonchev–Trinajstić information content (AvgIpc) is 3.01. The second-order valence-corrected chi connectivity index (χ2v) is 10.4. The molecule has 0 fully saturated rings. The highest BCUT2D eigenvalue weighted by molar-refractivity contribution is 6.31. The van der Waals surface area contributed by atoms with Gasteiger partial charge in [-0.1, -0.05) is 47.5 Å². The number of carbonyl (C=O) groups excluding carboxylic acids is 2. The Morgan fingerprint density at radius 2 is 1.07 bits per heavy atom. The summed E-state index contributed by atoms with van der Waals surface area (Å²) in [6.45, 7) is 0. The molecule has 0 saturated carbocycles. The van der Waals surface area contributed by atoms with Gasteiger partial charge in [0.1, 0.15) is 23.6 Å². The minimum Gasteiger partial charge on any atom is -0.382 e. The lowest BCUT2D eigenvalue weighted by Gasteiger charge is -2.17. The molecule has 10 N–H and O–H groups in total. The topological polar surface area (TPSA) is 267 Å². The van der Waals surface area contributed by atoms with Crippen LogP contribution >= 0.6 is 23.2 Å². The van der Waals surface area contributed by atoms with Gasteiger partial charge in [-0.3, -0.25) is 9.59 Å². The van der Waals surface area contributed by atoms with E-state index in [0.717, 1.165) is 0 Å². The number of nitrogens with zero attached hydrogens (tertiary/aromatic N) is 4. The maximum atomic E-state index is 12.9. The summed E-state index contributed by atoms with van der Waals surface area (Å²) in [6, 6.07) is 12.5. The van der Waals surface area contributed by atoms with Crippen molar-refractivity contribution in [1.29, 1.82) is 0 Å².